The van der Waals surface area contributed by atoms with Crippen LogP contribution in [-0.2, 0) is 10.0 Å². The number of halogens is 1. The van der Waals surface area contributed by atoms with Crippen LogP contribution in [0.5, 0.6) is 5.88 Å². The van der Waals surface area contributed by atoms with Crippen molar-refractivity contribution >= 4 is 15.8 Å². The van der Waals surface area contributed by atoms with Gasteiger partial charge in [-0.3, -0.25) is 0 Å². The summed E-state index contributed by atoms with van der Waals surface area (Å²) in [5, 5.41) is 3.24. The maximum atomic E-state index is 13.3. The molecule has 7 nitrogen and oxygen atoms in total. The first-order valence-electron chi connectivity index (χ1n) is 7.88. The molecule has 0 atom stereocenters. The molecule has 1 fully saturated rings. The maximum Gasteiger partial charge on any atom is 0.257 e. The molecule has 1 aromatic heterocycles. The molecule has 0 aliphatic carbocycles. The van der Waals surface area contributed by atoms with Crippen LogP contribution in [0.15, 0.2) is 41.6 Å². The van der Waals surface area contributed by atoms with Crippen LogP contribution in [-0.4, -0.2) is 48.9 Å². The highest BCUT2D eigenvalue weighted by Gasteiger charge is 2.30. The summed E-state index contributed by atoms with van der Waals surface area (Å²) in [5.74, 6) is 0.376. The molecule has 0 unspecified atom stereocenters. The monoisotopic (exact) mass is 366 g/mol. The van der Waals surface area contributed by atoms with E-state index in [-0.39, 0.29) is 10.9 Å². The molecule has 25 heavy (non-hydrogen) atoms. The van der Waals surface area contributed by atoms with Gasteiger partial charge in [0.25, 0.3) is 5.88 Å². The summed E-state index contributed by atoms with van der Waals surface area (Å²) in [6.07, 6.45) is 4.31. The Balaban J connectivity index is 1.65. The van der Waals surface area contributed by atoms with E-state index >= 15 is 0 Å². The Morgan fingerprint density at radius 2 is 1.96 bits per heavy atom. The number of benzene rings is 1. The van der Waals surface area contributed by atoms with Crippen molar-refractivity contribution in [1.82, 2.24) is 14.3 Å². The molecule has 0 spiro atoms. The average molecular weight is 366 g/mol. The van der Waals surface area contributed by atoms with Crippen LogP contribution in [0.1, 0.15) is 12.8 Å². The summed E-state index contributed by atoms with van der Waals surface area (Å²) < 4.78 is 45.1. The molecule has 9 heteroatoms. The lowest BCUT2D eigenvalue weighted by Gasteiger charge is -2.32. The number of hydrogen-bond acceptors (Lipinski definition) is 6. The number of nitrogens with one attached hydrogen (secondary N) is 1. The summed E-state index contributed by atoms with van der Waals surface area (Å²) >= 11 is 0. The highest BCUT2D eigenvalue weighted by atomic mass is 32.2. The second-order valence-electron chi connectivity index (χ2n) is 5.69. The Morgan fingerprint density at radius 3 is 2.64 bits per heavy atom. The minimum Gasteiger partial charge on any atom is -0.478 e. The van der Waals surface area contributed by atoms with Crippen molar-refractivity contribution in [1.29, 1.82) is 0 Å². The first-order valence-corrected chi connectivity index (χ1v) is 9.32. The molecular weight excluding hydrogens is 347 g/mol. The zero-order valence-electron chi connectivity index (χ0n) is 13.7. The summed E-state index contributed by atoms with van der Waals surface area (Å²) in [5.41, 5.74) is 0. The van der Waals surface area contributed by atoms with E-state index in [4.69, 9.17) is 4.74 Å². The molecule has 2 aromatic rings. The van der Waals surface area contributed by atoms with Gasteiger partial charge in [0.15, 0.2) is 5.82 Å². The summed E-state index contributed by atoms with van der Waals surface area (Å²) in [6, 6.07) is 5.14. The number of anilines is 1. The molecule has 0 radical (unpaired) electrons. The first-order chi connectivity index (χ1) is 12.0. The molecule has 0 saturated carbocycles. The lowest BCUT2D eigenvalue weighted by atomic mass is 10.1. The van der Waals surface area contributed by atoms with E-state index in [0.717, 1.165) is 6.07 Å². The van der Waals surface area contributed by atoms with Gasteiger partial charge in [0.2, 0.25) is 10.0 Å². The van der Waals surface area contributed by atoms with Gasteiger partial charge in [0, 0.05) is 31.5 Å². The number of rotatable bonds is 5. The van der Waals surface area contributed by atoms with Crippen molar-refractivity contribution in [2.24, 2.45) is 0 Å². The van der Waals surface area contributed by atoms with Gasteiger partial charge in [-0.25, -0.2) is 22.8 Å². The molecule has 3 rings (SSSR count). The molecule has 0 bridgehead atoms. The number of methoxy groups -OCH3 is 1. The molecule has 134 valence electrons. The van der Waals surface area contributed by atoms with E-state index in [1.54, 1.807) is 6.20 Å². The van der Waals surface area contributed by atoms with Crippen LogP contribution >= 0.6 is 0 Å². The van der Waals surface area contributed by atoms with Crippen LogP contribution in [0, 0.1) is 5.82 Å². The number of hydrogen-bond donors (Lipinski definition) is 1. The van der Waals surface area contributed by atoms with Crippen molar-refractivity contribution < 1.29 is 17.5 Å². The van der Waals surface area contributed by atoms with Crippen molar-refractivity contribution in [2.45, 2.75) is 23.8 Å². The van der Waals surface area contributed by atoms with Gasteiger partial charge in [0.1, 0.15) is 5.82 Å². The van der Waals surface area contributed by atoms with Gasteiger partial charge >= 0.3 is 0 Å². The quantitative estimate of drug-likeness (QED) is 0.870. The second-order valence-corrected chi connectivity index (χ2v) is 7.63. The van der Waals surface area contributed by atoms with Crippen molar-refractivity contribution in [3.63, 3.8) is 0 Å². The maximum absolute atomic E-state index is 13.3. The summed E-state index contributed by atoms with van der Waals surface area (Å²) in [4.78, 5) is 8.25. The van der Waals surface area contributed by atoms with E-state index in [2.05, 4.69) is 15.3 Å². The van der Waals surface area contributed by atoms with E-state index in [1.165, 1.54) is 35.8 Å². The topological polar surface area (TPSA) is 84.4 Å². The Hall–Kier alpha value is -2.26. The third-order valence-electron chi connectivity index (χ3n) is 4.09. The third-order valence-corrected chi connectivity index (χ3v) is 5.98. The predicted molar refractivity (Wildman–Crippen MR) is 90.4 cm³/mol. The van der Waals surface area contributed by atoms with Crippen molar-refractivity contribution in [3.05, 3.63) is 42.5 Å². The molecule has 0 amide bonds. The number of nitrogens with zero attached hydrogens (tertiary/aromatic N) is 3. The smallest absolute Gasteiger partial charge is 0.257 e. The van der Waals surface area contributed by atoms with Crippen LogP contribution in [0.25, 0.3) is 0 Å². The van der Waals surface area contributed by atoms with Gasteiger partial charge in [-0.2, -0.15) is 4.31 Å². The zero-order chi connectivity index (χ0) is 17.9. The molecule has 1 aliphatic heterocycles. The lowest BCUT2D eigenvalue weighted by Crippen LogP contribution is -2.42. The van der Waals surface area contributed by atoms with Crippen LogP contribution in [0.2, 0.25) is 0 Å². The van der Waals surface area contributed by atoms with Crippen LogP contribution in [0.3, 0.4) is 0 Å². The molecule has 1 aliphatic rings. The van der Waals surface area contributed by atoms with Gasteiger partial charge in [-0.15, -0.1) is 0 Å². The fourth-order valence-corrected chi connectivity index (χ4v) is 4.29. The highest BCUT2D eigenvalue weighted by Crippen LogP contribution is 2.24. The third kappa shape index (κ3) is 3.88. The van der Waals surface area contributed by atoms with E-state index < -0.39 is 15.8 Å². The Morgan fingerprint density at radius 1 is 1.24 bits per heavy atom. The minimum absolute atomic E-state index is 0.0190. The number of ether oxygens (including phenoxy) is 1. The highest BCUT2D eigenvalue weighted by molar-refractivity contribution is 7.89. The van der Waals surface area contributed by atoms with Gasteiger partial charge < -0.3 is 10.1 Å². The Bertz CT molecular complexity index is 839. The standard InChI is InChI=1S/C16H19FN4O3S/c1-24-16-15(18-7-8-19-16)20-13-5-9-21(10-6-13)25(22,23)14-4-2-3-12(17)11-14/h2-4,7-8,11,13H,5-6,9-10H2,1H3,(H,18,20). The predicted octanol–water partition coefficient (Wildman–Crippen LogP) is 1.89. The van der Waals surface area contributed by atoms with Gasteiger partial charge in [0.05, 0.1) is 12.0 Å². The van der Waals surface area contributed by atoms with Crippen LogP contribution in [0.4, 0.5) is 10.2 Å². The summed E-state index contributed by atoms with van der Waals surface area (Å²) in [7, 11) is -2.16. The van der Waals surface area contributed by atoms with Gasteiger partial charge in [-0.05, 0) is 31.0 Å². The first kappa shape index (κ1) is 17.6. The van der Waals surface area contributed by atoms with E-state index in [9.17, 15) is 12.8 Å². The number of sulfonamides is 1. The molecule has 2 heterocycles. The molecule has 1 aromatic carbocycles. The largest absolute Gasteiger partial charge is 0.478 e. The Kier molecular flexibility index (Phi) is 5.14. The van der Waals surface area contributed by atoms with Crippen LogP contribution < -0.4 is 10.1 Å². The van der Waals surface area contributed by atoms with Gasteiger partial charge in [-0.1, -0.05) is 6.07 Å². The zero-order valence-corrected chi connectivity index (χ0v) is 14.5. The molecule has 1 saturated heterocycles. The second kappa shape index (κ2) is 7.32. The average Bonchev–Trinajstić information content (AvgIpc) is 2.63. The van der Waals surface area contributed by atoms with Crippen molar-refractivity contribution in [3.8, 4) is 5.88 Å². The molecule has 1 N–H and O–H groups in total. The summed E-state index contributed by atoms with van der Waals surface area (Å²) in [6.45, 7) is 0.693. The normalized spacial score (nSPS) is 16.6. The number of piperidine rings is 1. The number of aromatic nitrogens is 2. The fraction of sp³-hybridized carbons (Fsp3) is 0.375. The van der Waals surface area contributed by atoms with E-state index in [0.29, 0.717) is 37.6 Å². The SMILES string of the molecule is COc1nccnc1NC1CCN(S(=O)(=O)c2cccc(F)c2)CC1. The Labute approximate surface area is 145 Å². The molecular formula is C16H19FN4O3S. The fourth-order valence-electron chi connectivity index (χ4n) is 2.78. The van der Waals surface area contributed by atoms with Crippen molar-refractivity contribution in [2.75, 3.05) is 25.5 Å². The minimum atomic E-state index is -3.68. The lowest BCUT2D eigenvalue weighted by molar-refractivity contribution is 0.328. The van der Waals surface area contributed by atoms with E-state index in [1.807, 2.05) is 0 Å².